The van der Waals surface area contributed by atoms with Gasteiger partial charge in [-0.25, -0.2) is 4.68 Å². The van der Waals surface area contributed by atoms with Gasteiger partial charge in [-0.3, -0.25) is 0 Å². The Morgan fingerprint density at radius 2 is 2.22 bits per heavy atom. The third kappa shape index (κ3) is 2.69. The number of ether oxygens (including phenoxy) is 1. The first-order valence-electron chi connectivity index (χ1n) is 7.04. The summed E-state index contributed by atoms with van der Waals surface area (Å²) in [5.41, 5.74) is 7.83. The first-order valence-corrected chi connectivity index (χ1v) is 7.04. The smallest absolute Gasteiger partial charge is 0.216 e. The van der Waals surface area contributed by atoms with Crippen LogP contribution < -0.4 is 10.5 Å². The normalized spacial score (nSPS) is 24.2. The number of nitrogens with zero attached hydrogens (tertiary/aromatic N) is 2. The van der Waals surface area contributed by atoms with Crippen molar-refractivity contribution in [1.82, 2.24) is 9.78 Å². The van der Waals surface area contributed by atoms with Crippen molar-refractivity contribution < 1.29 is 4.74 Å². The van der Waals surface area contributed by atoms with Gasteiger partial charge in [-0.05, 0) is 32.1 Å². The van der Waals surface area contributed by atoms with Gasteiger partial charge in [0.1, 0.15) is 6.10 Å². The van der Waals surface area contributed by atoms with Gasteiger partial charge in [0, 0.05) is 13.6 Å². The van der Waals surface area contributed by atoms with Crippen LogP contribution >= 0.6 is 0 Å². The van der Waals surface area contributed by atoms with E-state index in [0.29, 0.717) is 12.6 Å². The molecule has 0 radical (unpaired) electrons. The highest BCUT2D eigenvalue weighted by Crippen LogP contribution is 2.31. The van der Waals surface area contributed by atoms with Crippen molar-refractivity contribution in [3.8, 4) is 5.88 Å². The Bertz CT molecular complexity index is 400. The summed E-state index contributed by atoms with van der Waals surface area (Å²) < 4.78 is 8.01. The Morgan fingerprint density at radius 1 is 1.44 bits per heavy atom. The van der Waals surface area contributed by atoms with Gasteiger partial charge < -0.3 is 10.5 Å². The Kier molecular flexibility index (Phi) is 4.27. The monoisotopic (exact) mass is 251 g/mol. The number of aryl methyl sites for hydroxylation is 2. The number of hydrogen-bond donors (Lipinski definition) is 1. The van der Waals surface area contributed by atoms with E-state index < -0.39 is 0 Å². The Labute approximate surface area is 110 Å². The molecule has 1 aromatic heterocycles. The van der Waals surface area contributed by atoms with Gasteiger partial charge in [-0.1, -0.05) is 19.8 Å². The quantitative estimate of drug-likeness (QED) is 0.894. The molecule has 1 saturated carbocycles. The molecule has 2 unspecified atom stereocenters. The summed E-state index contributed by atoms with van der Waals surface area (Å²) in [5.74, 6) is 1.69. The first kappa shape index (κ1) is 13.4. The van der Waals surface area contributed by atoms with Crippen molar-refractivity contribution in [3.63, 3.8) is 0 Å². The van der Waals surface area contributed by atoms with Crippen molar-refractivity contribution >= 4 is 0 Å². The van der Waals surface area contributed by atoms with E-state index in [-0.39, 0.29) is 0 Å². The predicted octanol–water partition coefficient (Wildman–Crippen LogP) is 2.53. The molecule has 1 aliphatic carbocycles. The fourth-order valence-electron chi connectivity index (χ4n) is 2.94. The van der Waals surface area contributed by atoms with Crippen molar-refractivity contribution in [2.45, 2.75) is 58.6 Å². The summed E-state index contributed by atoms with van der Waals surface area (Å²) in [6.07, 6.45) is 6.55. The summed E-state index contributed by atoms with van der Waals surface area (Å²) in [6, 6.07) is 0. The number of nitrogens with two attached hydrogens (primary N) is 1. The lowest BCUT2D eigenvalue weighted by Gasteiger charge is -2.29. The molecule has 102 valence electrons. The fraction of sp³-hybridized carbons (Fsp3) is 0.786. The van der Waals surface area contributed by atoms with Crippen molar-refractivity contribution in [2.75, 3.05) is 0 Å². The largest absolute Gasteiger partial charge is 0.474 e. The second kappa shape index (κ2) is 5.74. The lowest BCUT2D eigenvalue weighted by molar-refractivity contribution is 0.111. The predicted molar refractivity (Wildman–Crippen MR) is 72.5 cm³/mol. The minimum absolute atomic E-state index is 0.337. The van der Waals surface area contributed by atoms with Crippen LogP contribution in [0.15, 0.2) is 0 Å². The van der Waals surface area contributed by atoms with Crippen LogP contribution in [0.4, 0.5) is 0 Å². The van der Waals surface area contributed by atoms with Crippen molar-refractivity contribution in [1.29, 1.82) is 0 Å². The summed E-state index contributed by atoms with van der Waals surface area (Å²) in [7, 11) is 1.93. The molecule has 0 bridgehead atoms. The molecule has 1 aromatic rings. The van der Waals surface area contributed by atoms with E-state index in [9.17, 15) is 0 Å². The second-order valence-corrected chi connectivity index (χ2v) is 5.38. The van der Waals surface area contributed by atoms with E-state index >= 15 is 0 Å². The maximum atomic E-state index is 6.18. The van der Waals surface area contributed by atoms with Crippen LogP contribution in [-0.2, 0) is 13.6 Å². The minimum atomic E-state index is 0.337. The molecule has 2 N–H and O–H groups in total. The number of aromatic nitrogens is 2. The average molecular weight is 251 g/mol. The molecule has 0 aromatic carbocycles. The summed E-state index contributed by atoms with van der Waals surface area (Å²) in [6.45, 7) is 4.76. The Balaban J connectivity index is 2.09. The van der Waals surface area contributed by atoms with Gasteiger partial charge in [0.2, 0.25) is 5.88 Å². The van der Waals surface area contributed by atoms with Crippen LogP contribution in [0.5, 0.6) is 5.88 Å². The maximum absolute atomic E-state index is 6.18. The highest BCUT2D eigenvalue weighted by atomic mass is 16.5. The maximum Gasteiger partial charge on any atom is 0.216 e. The van der Waals surface area contributed by atoms with Crippen molar-refractivity contribution in [2.24, 2.45) is 18.7 Å². The van der Waals surface area contributed by atoms with Gasteiger partial charge in [-0.15, -0.1) is 0 Å². The van der Waals surface area contributed by atoms with Crippen LogP contribution in [0.1, 0.15) is 50.3 Å². The van der Waals surface area contributed by atoms with Gasteiger partial charge >= 0.3 is 0 Å². The minimum Gasteiger partial charge on any atom is -0.474 e. The van der Waals surface area contributed by atoms with E-state index in [0.717, 1.165) is 29.5 Å². The summed E-state index contributed by atoms with van der Waals surface area (Å²) >= 11 is 0. The topological polar surface area (TPSA) is 53.1 Å². The van der Waals surface area contributed by atoms with Crippen LogP contribution in [0.25, 0.3) is 0 Å². The van der Waals surface area contributed by atoms with E-state index in [2.05, 4.69) is 12.0 Å². The molecular formula is C14H25N3O. The summed E-state index contributed by atoms with van der Waals surface area (Å²) in [4.78, 5) is 0. The van der Waals surface area contributed by atoms with E-state index in [1.54, 1.807) is 0 Å². The van der Waals surface area contributed by atoms with Crippen LogP contribution in [0, 0.1) is 12.8 Å². The zero-order valence-corrected chi connectivity index (χ0v) is 11.8. The molecule has 4 heteroatoms. The molecule has 4 nitrogen and oxygen atoms in total. The Morgan fingerprint density at radius 3 is 2.89 bits per heavy atom. The van der Waals surface area contributed by atoms with E-state index in [1.807, 2.05) is 18.7 Å². The molecule has 0 amide bonds. The van der Waals surface area contributed by atoms with Gasteiger partial charge in [-0.2, -0.15) is 5.10 Å². The summed E-state index contributed by atoms with van der Waals surface area (Å²) in [5, 5.41) is 4.40. The zero-order valence-electron chi connectivity index (χ0n) is 11.8. The molecule has 2 atom stereocenters. The number of hydrogen-bond acceptors (Lipinski definition) is 3. The highest BCUT2D eigenvalue weighted by molar-refractivity contribution is 5.30. The Hall–Kier alpha value is -1.03. The molecule has 1 fully saturated rings. The third-order valence-corrected chi connectivity index (χ3v) is 4.08. The fourth-order valence-corrected chi connectivity index (χ4v) is 2.94. The molecule has 1 aliphatic rings. The van der Waals surface area contributed by atoms with Gasteiger partial charge in [0.15, 0.2) is 0 Å². The zero-order chi connectivity index (χ0) is 13.1. The standard InChI is InChI=1S/C14H25N3O/c1-4-11-6-5-7-12(8-11)18-14-13(9-15)10(2)16-17(14)3/h11-12H,4-9,15H2,1-3H3. The number of rotatable bonds is 4. The molecule has 0 spiro atoms. The molecular weight excluding hydrogens is 226 g/mol. The molecule has 2 rings (SSSR count). The molecule has 0 saturated heterocycles. The third-order valence-electron chi connectivity index (χ3n) is 4.08. The molecule has 18 heavy (non-hydrogen) atoms. The van der Waals surface area contributed by atoms with Crippen molar-refractivity contribution in [3.05, 3.63) is 11.3 Å². The lowest BCUT2D eigenvalue weighted by Crippen LogP contribution is -2.26. The molecule has 0 aliphatic heterocycles. The van der Waals surface area contributed by atoms with Crippen LogP contribution in [0.3, 0.4) is 0 Å². The van der Waals surface area contributed by atoms with Crippen LogP contribution in [-0.4, -0.2) is 15.9 Å². The van der Waals surface area contributed by atoms with Crippen LogP contribution in [0.2, 0.25) is 0 Å². The first-order chi connectivity index (χ1) is 8.65. The van der Waals surface area contributed by atoms with E-state index in [4.69, 9.17) is 10.5 Å². The highest BCUT2D eigenvalue weighted by Gasteiger charge is 2.24. The molecule has 1 heterocycles. The lowest BCUT2D eigenvalue weighted by atomic mass is 9.85. The van der Waals surface area contributed by atoms with Gasteiger partial charge in [0.25, 0.3) is 0 Å². The van der Waals surface area contributed by atoms with Gasteiger partial charge in [0.05, 0.1) is 11.3 Å². The second-order valence-electron chi connectivity index (χ2n) is 5.38. The average Bonchev–Trinajstić information content (AvgIpc) is 2.64. The SMILES string of the molecule is CCC1CCCC(Oc2c(CN)c(C)nn2C)C1. The van der Waals surface area contributed by atoms with E-state index in [1.165, 1.54) is 25.7 Å².